The van der Waals surface area contributed by atoms with Crippen LogP contribution in [0.25, 0.3) is 0 Å². The lowest BCUT2D eigenvalue weighted by Crippen LogP contribution is -2.58. The average molecular weight is 392 g/mol. The molecule has 0 aromatic carbocycles. The Kier molecular flexibility index (Phi) is 5.87. The average Bonchev–Trinajstić information content (AvgIpc) is 2.96. The van der Waals surface area contributed by atoms with Crippen LogP contribution in [-0.2, 0) is 27.2 Å². The summed E-state index contributed by atoms with van der Waals surface area (Å²) in [6, 6.07) is 2.57. The molecule has 0 aliphatic carbocycles. The molecule has 7 heteroatoms. The van der Waals surface area contributed by atoms with Gasteiger partial charge in [0.25, 0.3) is 0 Å². The van der Waals surface area contributed by atoms with E-state index in [1.54, 1.807) is 14.2 Å². The van der Waals surface area contributed by atoms with Crippen molar-refractivity contribution in [3.05, 3.63) is 22.9 Å². The van der Waals surface area contributed by atoms with Gasteiger partial charge in [0, 0.05) is 38.9 Å². The van der Waals surface area contributed by atoms with Crippen molar-refractivity contribution in [1.82, 2.24) is 9.88 Å². The van der Waals surface area contributed by atoms with Gasteiger partial charge in [0.15, 0.2) is 0 Å². The number of methoxy groups -OCH3 is 2. The summed E-state index contributed by atoms with van der Waals surface area (Å²) in [7, 11) is 3.39. The van der Waals surface area contributed by atoms with Crippen molar-refractivity contribution >= 4 is 11.9 Å². The van der Waals surface area contributed by atoms with Gasteiger partial charge in [-0.3, -0.25) is 0 Å². The first-order valence-corrected chi connectivity index (χ1v) is 9.95. The SMILES string of the molecule is COCc1cc2c(nc1[C@@H](C)OC)N1[C@H](C2)CN(C(=O)OC(C)(C)C)C[C@H]1C. The van der Waals surface area contributed by atoms with Crippen molar-refractivity contribution in [3.63, 3.8) is 0 Å². The summed E-state index contributed by atoms with van der Waals surface area (Å²) in [5.74, 6) is 1.01. The van der Waals surface area contributed by atoms with Gasteiger partial charge in [-0.15, -0.1) is 0 Å². The highest BCUT2D eigenvalue weighted by molar-refractivity contribution is 5.69. The molecule has 0 unspecified atom stereocenters. The second-order valence-corrected chi connectivity index (χ2v) is 8.83. The van der Waals surface area contributed by atoms with E-state index in [9.17, 15) is 4.79 Å². The fourth-order valence-electron chi connectivity index (χ4n) is 4.17. The van der Waals surface area contributed by atoms with Gasteiger partial charge in [-0.1, -0.05) is 0 Å². The molecular weight excluding hydrogens is 358 g/mol. The van der Waals surface area contributed by atoms with Crippen LogP contribution >= 0.6 is 0 Å². The Labute approximate surface area is 168 Å². The maximum atomic E-state index is 12.6. The Balaban J connectivity index is 1.86. The molecular formula is C21H33N3O4. The van der Waals surface area contributed by atoms with Crippen molar-refractivity contribution in [2.45, 2.75) is 71.4 Å². The summed E-state index contributed by atoms with van der Waals surface area (Å²) in [5.41, 5.74) is 2.71. The van der Waals surface area contributed by atoms with Crippen LogP contribution in [0.4, 0.5) is 10.6 Å². The molecule has 0 radical (unpaired) electrons. The molecule has 7 nitrogen and oxygen atoms in total. The molecule has 3 rings (SSSR count). The zero-order valence-corrected chi connectivity index (χ0v) is 18.1. The number of hydrogen-bond acceptors (Lipinski definition) is 6. The molecule has 0 bridgehead atoms. The van der Waals surface area contributed by atoms with Crippen molar-refractivity contribution in [3.8, 4) is 0 Å². The predicted octanol–water partition coefficient (Wildman–Crippen LogP) is 3.31. The Bertz CT molecular complexity index is 731. The lowest BCUT2D eigenvalue weighted by molar-refractivity contribution is 0.0191. The lowest BCUT2D eigenvalue weighted by atomic mass is 10.0. The molecule has 3 heterocycles. The van der Waals surface area contributed by atoms with Crippen molar-refractivity contribution in [2.24, 2.45) is 0 Å². The maximum absolute atomic E-state index is 12.6. The molecule has 0 saturated carbocycles. The number of aromatic nitrogens is 1. The Morgan fingerprint density at radius 3 is 2.64 bits per heavy atom. The van der Waals surface area contributed by atoms with Crippen LogP contribution in [0.1, 0.15) is 57.5 Å². The minimum Gasteiger partial charge on any atom is -0.444 e. The largest absolute Gasteiger partial charge is 0.444 e. The van der Waals surface area contributed by atoms with E-state index < -0.39 is 5.60 Å². The van der Waals surface area contributed by atoms with E-state index in [4.69, 9.17) is 19.2 Å². The van der Waals surface area contributed by atoms with Crippen LogP contribution in [0.5, 0.6) is 0 Å². The summed E-state index contributed by atoms with van der Waals surface area (Å²) in [5, 5.41) is 0. The number of ether oxygens (including phenoxy) is 3. The maximum Gasteiger partial charge on any atom is 0.410 e. The number of carbonyl (C=O) groups is 1. The number of amides is 1. The summed E-state index contributed by atoms with van der Waals surface area (Å²) in [6.07, 6.45) is 0.522. The third kappa shape index (κ3) is 4.10. The quantitative estimate of drug-likeness (QED) is 0.785. The van der Waals surface area contributed by atoms with E-state index in [2.05, 4.69) is 17.9 Å². The second kappa shape index (κ2) is 7.87. The first-order valence-electron chi connectivity index (χ1n) is 9.95. The minimum absolute atomic E-state index is 0.104. The van der Waals surface area contributed by atoms with Crippen LogP contribution in [-0.4, -0.2) is 61.0 Å². The number of carbonyl (C=O) groups excluding carboxylic acids is 1. The monoisotopic (exact) mass is 391 g/mol. The minimum atomic E-state index is -0.488. The summed E-state index contributed by atoms with van der Waals surface area (Å²) >= 11 is 0. The van der Waals surface area contributed by atoms with Crippen LogP contribution in [0.3, 0.4) is 0 Å². The van der Waals surface area contributed by atoms with Crippen LogP contribution in [0, 0.1) is 0 Å². The Hall–Kier alpha value is -1.86. The highest BCUT2D eigenvalue weighted by Gasteiger charge is 2.42. The fraction of sp³-hybridized carbons (Fsp3) is 0.714. The highest BCUT2D eigenvalue weighted by atomic mass is 16.6. The molecule has 1 saturated heterocycles. The van der Waals surface area contributed by atoms with E-state index in [0.717, 1.165) is 23.5 Å². The molecule has 156 valence electrons. The molecule has 1 aromatic heterocycles. The second-order valence-electron chi connectivity index (χ2n) is 8.83. The van der Waals surface area contributed by atoms with E-state index in [-0.39, 0.29) is 24.3 Å². The molecule has 1 amide bonds. The topological polar surface area (TPSA) is 64.1 Å². The van der Waals surface area contributed by atoms with Crippen molar-refractivity contribution in [1.29, 1.82) is 0 Å². The first kappa shape index (κ1) is 20.9. The molecule has 0 N–H and O–H groups in total. The van der Waals surface area contributed by atoms with Gasteiger partial charge in [0.1, 0.15) is 11.4 Å². The number of fused-ring (bicyclic) bond motifs is 3. The predicted molar refractivity (Wildman–Crippen MR) is 108 cm³/mol. The van der Waals surface area contributed by atoms with Gasteiger partial charge >= 0.3 is 6.09 Å². The van der Waals surface area contributed by atoms with Gasteiger partial charge in [0.05, 0.1) is 24.4 Å². The van der Waals surface area contributed by atoms with E-state index in [1.807, 2.05) is 32.6 Å². The molecule has 0 spiro atoms. The van der Waals surface area contributed by atoms with Crippen LogP contribution < -0.4 is 4.90 Å². The van der Waals surface area contributed by atoms with E-state index in [0.29, 0.717) is 19.7 Å². The first-order chi connectivity index (χ1) is 13.1. The van der Waals surface area contributed by atoms with Gasteiger partial charge < -0.3 is 24.0 Å². The number of anilines is 1. The molecule has 2 aliphatic rings. The van der Waals surface area contributed by atoms with Crippen molar-refractivity contribution in [2.75, 3.05) is 32.2 Å². The number of rotatable bonds is 4. The third-order valence-electron chi connectivity index (χ3n) is 5.37. The van der Waals surface area contributed by atoms with Crippen LogP contribution in [0.15, 0.2) is 6.07 Å². The van der Waals surface area contributed by atoms with E-state index >= 15 is 0 Å². The van der Waals surface area contributed by atoms with Gasteiger partial charge in [-0.2, -0.15) is 0 Å². The zero-order valence-electron chi connectivity index (χ0n) is 18.1. The van der Waals surface area contributed by atoms with E-state index in [1.165, 1.54) is 5.56 Å². The van der Waals surface area contributed by atoms with Gasteiger partial charge in [-0.25, -0.2) is 9.78 Å². The number of nitrogens with zero attached hydrogens (tertiary/aromatic N) is 3. The summed E-state index contributed by atoms with van der Waals surface area (Å²) in [6.45, 7) is 11.6. The number of piperazine rings is 1. The Morgan fingerprint density at radius 2 is 2.04 bits per heavy atom. The Morgan fingerprint density at radius 1 is 1.32 bits per heavy atom. The summed E-state index contributed by atoms with van der Waals surface area (Å²) < 4.78 is 16.5. The third-order valence-corrected chi connectivity index (χ3v) is 5.37. The lowest BCUT2D eigenvalue weighted by Gasteiger charge is -2.43. The highest BCUT2D eigenvalue weighted by Crippen LogP contribution is 2.38. The summed E-state index contributed by atoms with van der Waals surface area (Å²) in [4.78, 5) is 21.8. The fourth-order valence-corrected chi connectivity index (χ4v) is 4.17. The smallest absolute Gasteiger partial charge is 0.410 e. The molecule has 1 fully saturated rings. The normalized spacial score (nSPS) is 22.7. The van der Waals surface area contributed by atoms with Crippen molar-refractivity contribution < 1.29 is 19.0 Å². The zero-order chi connectivity index (χ0) is 20.6. The number of pyridine rings is 1. The molecule has 3 atom stereocenters. The standard InChI is InChI=1S/C21H33N3O4/c1-13-10-23(20(25)28-21(3,4)5)11-17-9-15-8-16(12-26-6)18(14(2)27-7)22-19(15)24(13)17/h8,13-14,17H,9-12H2,1-7H3/t13-,14-,17-/m1/s1. The molecule has 28 heavy (non-hydrogen) atoms. The molecule has 1 aromatic rings. The van der Waals surface area contributed by atoms with Gasteiger partial charge in [-0.05, 0) is 52.7 Å². The van der Waals surface area contributed by atoms with Crippen LogP contribution in [0.2, 0.25) is 0 Å². The van der Waals surface area contributed by atoms with Gasteiger partial charge in [0.2, 0.25) is 0 Å². The number of hydrogen-bond donors (Lipinski definition) is 0. The molecule has 2 aliphatic heterocycles.